The molecular weight excluding hydrogens is 376 g/mol. The van der Waals surface area contributed by atoms with Crippen LogP contribution in [0, 0.1) is 11.6 Å². The van der Waals surface area contributed by atoms with Crippen molar-refractivity contribution in [2.24, 2.45) is 0 Å². The van der Waals surface area contributed by atoms with Crippen molar-refractivity contribution in [3.8, 4) is 5.88 Å². The molecule has 1 aliphatic heterocycles. The fraction of sp³-hybridized carbons (Fsp3) is 0.222. The molecule has 27 heavy (non-hydrogen) atoms. The Morgan fingerprint density at radius 3 is 2.63 bits per heavy atom. The highest BCUT2D eigenvalue weighted by molar-refractivity contribution is 7.89. The Bertz CT molecular complexity index is 1110. The van der Waals surface area contributed by atoms with Crippen LogP contribution in [0.2, 0.25) is 0 Å². The molecule has 1 fully saturated rings. The molecular formula is C18H15F2N3O3S. The van der Waals surface area contributed by atoms with Gasteiger partial charge in [-0.1, -0.05) is 12.1 Å². The monoisotopic (exact) mass is 391 g/mol. The van der Waals surface area contributed by atoms with Crippen molar-refractivity contribution in [2.45, 2.75) is 17.4 Å². The number of ether oxygens (including phenoxy) is 1. The van der Waals surface area contributed by atoms with Crippen molar-refractivity contribution in [3.63, 3.8) is 0 Å². The van der Waals surface area contributed by atoms with E-state index in [1.807, 2.05) is 24.3 Å². The van der Waals surface area contributed by atoms with E-state index in [4.69, 9.17) is 4.74 Å². The van der Waals surface area contributed by atoms with Crippen LogP contribution in [0.25, 0.3) is 11.0 Å². The van der Waals surface area contributed by atoms with Gasteiger partial charge in [-0.05, 0) is 36.8 Å². The van der Waals surface area contributed by atoms with Crippen molar-refractivity contribution in [1.29, 1.82) is 0 Å². The summed E-state index contributed by atoms with van der Waals surface area (Å²) >= 11 is 0. The predicted octanol–water partition coefficient (Wildman–Crippen LogP) is 2.75. The van der Waals surface area contributed by atoms with Crippen molar-refractivity contribution >= 4 is 21.1 Å². The molecule has 6 nitrogen and oxygen atoms in total. The second kappa shape index (κ2) is 6.82. The maximum absolute atomic E-state index is 13.4. The Balaban J connectivity index is 1.49. The minimum Gasteiger partial charge on any atom is -0.472 e. The van der Waals surface area contributed by atoms with Gasteiger partial charge in [0.25, 0.3) is 0 Å². The van der Waals surface area contributed by atoms with E-state index in [9.17, 15) is 17.2 Å². The van der Waals surface area contributed by atoms with Crippen LogP contribution >= 0.6 is 0 Å². The van der Waals surface area contributed by atoms with Gasteiger partial charge in [0.2, 0.25) is 15.9 Å². The van der Waals surface area contributed by atoms with E-state index in [1.54, 1.807) is 0 Å². The van der Waals surface area contributed by atoms with Gasteiger partial charge in [-0.25, -0.2) is 27.2 Å². The summed E-state index contributed by atoms with van der Waals surface area (Å²) < 4.78 is 58.7. The van der Waals surface area contributed by atoms with Crippen molar-refractivity contribution in [2.75, 3.05) is 13.1 Å². The predicted molar refractivity (Wildman–Crippen MR) is 93.7 cm³/mol. The van der Waals surface area contributed by atoms with Crippen molar-refractivity contribution in [1.82, 2.24) is 14.3 Å². The van der Waals surface area contributed by atoms with Gasteiger partial charge < -0.3 is 4.74 Å². The van der Waals surface area contributed by atoms with Crippen LogP contribution in [-0.4, -0.2) is 41.9 Å². The van der Waals surface area contributed by atoms with Crippen molar-refractivity contribution in [3.05, 3.63) is 60.3 Å². The lowest BCUT2D eigenvalue weighted by molar-refractivity contribution is 0.207. The standard InChI is InChI=1S/C18H15F2N3O3S/c19-14-6-5-13(9-15(14)20)27(24,25)23-8-7-12(11-23)26-18-10-21-16-3-1-2-4-17(16)22-18/h1-6,9-10,12H,7-8,11H2. The molecule has 1 saturated heterocycles. The second-order valence-electron chi connectivity index (χ2n) is 6.16. The first-order valence-electron chi connectivity index (χ1n) is 8.27. The molecule has 1 aliphatic rings. The molecule has 3 aromatic rings. The van der Waals surface area contributed by atoms with Gasteiger partial charge in [0.1, 0.15) is 6.10 Å². The first-order valence-corrected chi connectivity index (χ1v) is 9.71. The molecule has 0 radical (unpaired) electrons. The normalized spacial score (nSPS) is 18.1. The Kier molecular flexibility index (Phi) is 4.48. The number of nitrogens with zero attached hydrogens (tertiary/aromatic N) is 3. The third-order valence-electron chi connectivity index (χ3n) is 4.35. The zero-order chi connectivity index (χ0) is 19.0. The molecule has 0 saturated carbocycles. The van der Waals surface area contributed by atoms with E-state index in [0.717, 1.165) is 17.6 Å². The van der Waals surface area contributed by atoms with Crippen LogP contribution in [0.3, 0.4) is 0 Å². The van der Waals surface area contributed by atoms with Crippen LogP contribution < -0.4 is 4.74 Å². The second-order valence-corrected chi connectivity index (χ2v) is 8.10. The summed E-state index contributed by atoms with van der Waals surface area (Å²) in [6, 6.07) is 9.88. The Morgan fingerprint density at radius 2 is 1.85 bits per heavy atom. The Hall–Kier alpha value is -2.65. The van der Waals surface area contributed by atoms with Crippen LogP contribution in [0.15, 0.2) is 53.6 Å². The summed E-state index contributed by atoms with van der Waals surface area (Å²) in [5.74, 6) is -1.98. The lowest BCUT2D eigenvalue weighted by Gasteiger charge is -2.17. The van der Waals surface area contributed by atoms with Crippen LogP contribution in [0.4, 0.5) is 8.78 Å². The van der Waals surface area contributed by atoms with Crippen LogP contribution in [0.1, 0.15) is 6.42 Å². The molecule has 2 heterocycles. The lowest BCUT2D eigenvalue weighted by atomic mass is 10.3. The zero-order valence-corrected chi connectivity index (χ0v) is 14.9. The first kappa shape index (κ1) is 17.7. The van der Waals surface area contributed by atoms with Gasteiger partial charge in [-0.2, -0.15) is 4.31 Å². The number of hydrogen-bond acceptors (Lipinski definition) is 5. The number of halogens is 2. The zero-order valence-electron chi connectivity index (χ0n) is 14.0. The van der Waals surface area contributed by atoms with E-state index in [-0.39, 0.29) is 18.0 Å². The largest absolute Gasteiger partial charge is 0.472 e. The highest BCUT2D eigenvalue weighted by atomic mass is 32.2. The molecule has 1 unspecified atom stereocenters. The Morgan fingerprint density at radius 1 is 1.07 bits per heavy atom. The first-order chi connectivity index (χ1) is 12.9. The number of sulfonamides is 1. The third-order valence-corrected chi connectivity index (χ3v) is 6.21. The number of rotatable bonds is 4. The molecule has 1 aromatic heterocycles. The van der Waals surface area contributed by atoms with Gasteiger partial charge in [0, 0.05) is 6.54 Å². The van der Waals surface area contributed by atoms with E-state index in [0.29, 0.717) is 23.9 Å². The van der Waals surface area contributed by atoms with E-state index < -0.39 is 27.8 Å². The SMILES string of the molecule is O=S(=O)(c1ccc(F)c(F)c1)N1CCC(Oc2cnc3ccccc3n2)C1. The maximum Gasteiger partial charge on any atom is 0.243 e. The van der Waals surface area contributed by atoms with E-state index in [1.165, 1.54) is 10.5 Å². The minimum atomic E-state index is -3.93. The Labute approximate surface area is 154 Å². The maximum atomic E-state index is 13.4. The molecule has 0 N–H and O–H groups in total. The summed E-state index contributed by atoms with van der Waals surface area (Å²) in [6.45, 7) is 0.308. The van der Waals surface area contributed by atoms with Crippen LogP contribution in [0.5, 0.6) is 5.88 Å². The highest BCUT2D eigenvalue weighted by Gasteiger charge is 2.34. The topological polar surface area (TPSA) is 72.4 Å². The molecule has 4 rings (SSSR count). The highest BCUT2D eigenvalue weighted by Crippen LogP contribution is 2.25. The molecule has 0 amide bonds. The molecule has 2 aromatic carbocycles. The smallest absolute Gasteiger partial charge is 0.243 e. The fourth-order valence-corrected chi connectivity index (χ4v) is 4.47. The third kappa shape index (κ3) is 3.47. The average Bonchev–Trinajstić information content (AvgIpc) is 3.13. The minimum absolute atomic E-state index is 0.0931. The van der Waals surface area contributed by atoms with E-state index in [2.05, 4.69) is 9.97 Å². The number of para-hydroxylation sites is 2. The summed E-state index contributed by atoms with van der Waals surface area (Å²) in [4.78, 5) is 8.34. The molecule has 0 spiro atoms. The number of aromatic nitrogens is 2. The van der Waals surface area contributed by atoms with Gasteiger partial charge in [-0.3, -0.25) is 0 Å². The van der Waals surface area contributed by atoms with Crippen LogP contribution in [-0.2, 0) is 10.0 Å². The number of benzene rings is 2. The molecule has 140 valence electrons. The fourth-order valence-electron chi connectivity index (χ4n) is 2.97. The van der Waals surface area contributed by atoms with Gasteiger partial charge >= 0.3 is 0 Å². The molecule has 1 atom stereocenters. The number of hydrogen-bond donors (Lipinski definition) is 0. The lowest BCUT2D eigenvalue weighted by Crippen LogP contribution is -2.31. The number of fused-ring (bicyclic) bond motifs is 1. The van der Waals surface area contributed by atoms with Gasteiger partial charge in [0.05, 0.1) is 28.7 Å². The quantitative estimate of drug-likeness (QED) is 0.684. The molecule has 0 bridgehead atoms. The summed E-state index contributed by atoms with van der Waals surface area (Å²) in [6.07, 6.45) is 1.55. The summed E-state index contributed by atoms with van der Waals surface area (Å²) in [5, 5.41) is 0. The molecule has 0 aliphatic carbocycles. The van der Waals surface area contributed by atoms with Gasteiger partial charge in [-0.15, -0.1) is 0 Å². The summed E-state index contributed by atoms with van der Waals surface area (Å²) in [5.41, 5.74) is 1.41. The average molecular weight is 391 g/mol. The van der Waals surface area contributed by atoms with Gasteiger partial charge in [0.15, 0.2) is 11.6 Å². The van der Waals surface area contributed by atoms with E-state index >= 15 is 0 Å². The van der Waals surface area contributed by atoms with Crippen molar-refractivity contribution < 1.29 is 21.9 Å². The summed E-state index contributed by atoms with van der Waals surface area (Å²) in [7, 11) is -3.93. The molecule has 9 heteroatoms.